The molecule has 0 amide bonds. The van der Waals surface area contributed by atoms with Gasteiger partial charge in [-0.2, -0.15) is 0 Å². The highest BCUT2D eigenvalue weighted by Gasteiger charge is 2.20. The third-order valence-electron chi connectivity index (χ3n) is 3.27. The SMILES string of the molecule is Cc1cc(C)c(C(O)c2cccc(C)c2I)c(F)c1. The summed E-state index contributed by atoms with van der Waals surface area (Å²) in [5, 5.41) is 10.5. The molecule has 100 valence electrons. The summed E-state index contributed by atoms with van der Waals surface area (Å²) in [6, 6.07) is 9.07. The number of halogens is 2. The first kappa shape index (κ1) is 14.5. The Bertz CT molecular complexity index is 599. The minimum atomic E-state index is -0.924. The van der Waals surface area contributed by atoms with Crippen LogP contribution >= 0.6 is 22.6 Å². The van der Waals surface area contributed by atoms with Gasteiger partial charge < -0.3 is 5.11 Å². The molecule has 2 aromatic rings. The lowest BCUT2D eigenvalue weighted by molar-refractivity contribution is 0.213. The van der Waals surface area contributed by atoms with Crippen molar-refractivity contribution >= 4 is 22.6 Å². The summed E-state index contributed by atoms with van der Waals surface area (Å²) in [6.07, 6.45) is -0.924. The molecular formula is C16H16FIO. The maximum atomic E-state index is 14.1. The number of aliphatic hydroxyl groups excluding tert-OH is 1. The lowest BCUT2D eigenvalue weighted by Gasteiger charge is -2.18. The summed E-state index contributed by atoms with van der Waals surface area (Å²) in [7, 11) is 0. The molecule has 0 aliphatic rings. The molecule has 2 rings (SSSR count). The molecule has 0 aliphatic carbocycles. The van der Waals surface area contributed by atoms with E-state index >= 15 is 0 Å². The van der Waals surface area contributed by atoms with Crippen molar-refractivity contribution < 1.29 is 9.50 Å². The van der Waals surface area contributed by atoms with E-state index in [1.165, 1.54) is 6.07 Å². The van der Waals surface area contributed by atoms with Gasteiger partial charge in [0, 0.05) is 9.13 Å². The van der Waals surface area contributed by atoms with Crippen LogP contribution in [-0.4, -0.2) is 5.11 Å². The second-order valence-corrected chi connectivity index (χ2v) is 5.94. The second-order valence-electron chi connectivity index (χ2n) is 4.86. The standard InChI is InChI=1S/C16H16FIO/c1-9-7-11(3)14(13(17)8-9)16(19)12-6-4-5-10(2)15(12)18/h4-8,16,19H,1-3H3. The highest BCUT2D eigenvalue weighted by Crippen LogP contribution is 2.31. The van der Waals surface area contributed by atoms with Crippen molar-refractivity contribution in [3.05, 3.63) is 67.5 Å². The summed E-state index contributed by atoms with van der Waals surface area (Å²) in [4.78, 5) is 0. The molecule has 2 aromatic carbocycles. The predicted octanol–water partition coefficient (Wildman–Crippen LogP) is 4.44. The highest BCUT2D eigenvalue weighted by atomic mass is 127. The number of rotatable bonds is 2. The van der Waals surface area contributed by atoms with E-state index in [0.717, 1.165) is 25.8 Å². The normalized spacial score (nSPS) is 12.5. The quantitative estimate of drug-likeness (QED) is 0.776. The molecule has 19 heavy (non-hydrogen) atoms. The van der Waals surface area contributed by atoms with Crippen LogP contribution in [0, 0.1) is 30.2 Å². The zero-order valence-corrected chi connectivity index (χ0v) is 13.3. The third kappa shape index (κ3) is 2.82. The Balaban J connectivity index is 2.56. The monoisotopic (exact) mass is 370 g/mol. The lowest BCUT2D eigenvalue weighted by Crippen LogP contribution is -2.08. The number of benzene rings is 2. The molecule has 1 unspecified atom stereocenters. The zero-order valence-electron chi connectivity index (χ0n) is 11.2. The van der Waals surface area contributed by atoms with E-state index in [1.807, 2.05) is 45.0 Å². The van der Waals surface area contributed by atoms with E-state index in [9.17, 15) is 9.50 Å². The maximum Gasteiger partial charge on any atom is 0.129 e. The molecule has 3 heteroatoms. The average molecular weight is 370 g/mol. The first-order valence-electron chi connectivity index (χ1n) is 6.11. The number of aliphatic hydroxyl groups is 1. The van der Waals surface area contributed by atoms with Gasteiger partial charge in [0.1, 0.15) is 11.9 Å². The molecule has 0 bridgehead atoms. The Morgan fingerprint density at radius 3 is 2.42 bits per heavy atom. The minimum absolute atomic E-state index is 0.345. The summed E-state index contributed by atoms with van der Waals surface area (Å²) in [5.74, 6) is -0.345. The summed E-state index contributed by atoms with van der Waals surface area (Å²) >= 11 is 2.19. The van der Waals surface area contributed by atoms with Gasteiger partial charge in [-0.3, -0.25) is 0 Å². The predicted molar refractivity (Wildman–Crippen MR) is 83.8 cm³/mol. The smallest absolute Gasteiger partial charge is 0.129 e. The van der Waals surface area contributed by atoms with Crippen LogP contribution in [0.4, 0.5) is 4.39 Å². The highest BCUT2D eigenvalue weighted by molar-refractivity contribution is 14.1. The van der Waals surface area contributed by atoms with Gasteiger partial charge in [-0.05, 0) is 71.7 Å². The third-order valence-corrected chi connectivity index (χ3v) is 4.74. The Kier molecular flexibility index (Phi) is 4.26. The van der Waals surface area contributed by atoms with Gasteiger partial charge in [-0.1, -0.05) is 24.3 Å². The zero-order chi connectivity index (χ0) is 14.2. The molecule has 0 saturated carbocycles. The topological polar surface area (TPSA) is 20.2 Å². The van der Waals surface area contributed by atoms with Crippen molar-refractivity contribution in [1.82, 2.24) is 0 Å². The van der Waals surface area contributed by atoms with Crippen LogP contribution in [-0.2, 0) is 0 Å². The molecule has 1 N–H and O–H groups in total. The molecule has 1 nitrogen and oxygen atoms in total. The first-order chi connectivity index (χ1) is 8.91. The Morgan fingerprint density at radius 2 is 1.79 bits per heavy atom. The van der Waals surface area contributed by atoms with Crippen molar-refractivity contribution in [3.63, 3.8) is 0 Å². The van der Waals surface area contributed by atoms with E-state index in [-0.39, 0.29) is 5.82 Å². The summed E-state index contributed by atoms with van der Waals surface area (Å²) in [5.41, 5.74) is 3.86. The van der Waals surface area contributed by atoms with Gasteiger partial charge in [0.25, 0.3) is 0 Å². The van der Waals surface area contributed by atoms with Crippen LogP contribution in [0.25, 0.3) is 0 Å². The van der Waals surface area contributed by atoms with Crippen LogP contribution in [0.15, 0.2) is 30.3 Å². The van der Waals surface area contributed by atoms with Gasteiger partial charge in [0.2, 0.25) is 0 Å². The molecule has 0 spiro atoms. The summed E-state index contributed by atoms with van der Waals surface area (Å²) < 4.78 is 15.1. The van der Waals surface area contributed by atoms with Gasteiger partial charge in [0.15, 0.2) is 0 Å². The molecule has 0 fully saturated rings. The molecule has 0 heterocycles. The molecule has 1 atom stereocenters. The van der Waals surface area contributed by atoms with Crippen molar-refractivity contribution in [1.29, 1.82) is 0 Å². The molecule has 0 saturated heterocycles. The Labute approximate surface area is 126 Å². The van der Waals surface area contributed by atoms with Gasteiger partial charge in [-0.15, -0.1) is 0 Å². The average Bonchev–Trinajstić information content (AvgIpc) is 2.31. The van der Waals surface area contributed by atoms with E-state index in [0.29, 0.717) is 5.56 Å². The molecule has 0 aromatic heterocycles. The van der Waals surface area contributed by atoms with Crippen LogP contribution in [0.3, 0.4) is 0 Å². The number of hydrogen-bond acceptors (Lipinski definition) is 1. The fourth-order valence-corrected chi connectivity index (χ4v) is 2.96. The van der Waals surface area contributed by atoms with E-state index in [1.54, 1.807) is 0 Å². The van der Waals surface area contributed by atoms with Crippen molar-refractivity contribution in [3.8, 4) is 0 Å². The van der Waals surface area contributed by atoms with Crippen LogP contribution in [0.1, 0.15) is 33.9 Å². The van der Waals surface area contributed by atoms with Crippen LogP contribution < -0.4 is 0 Å². The van der Waals surface area contributed by atoms with E-state index in [2.05, 4.69) is 22.6 Å². The van der Waals surface area contributed by atoms with Crippen molar-refractivity contribution in [2.45, 2.75) is 26.9 Å². The Hall–Kier alpha value is -0.940. The number of hydrogen-bond donors (Lipinski definition) is 1. The fourth-order valence-electron chi connectivity index (χ4n) is 2.31. The van der Waals surface area contributed by atoms with Crippen molar-refractivity contribution in [2.75, 3.05) is 0 Å². The molecule has 0 aliphatic heterocycles. The summed E-state index contributed by atoms with van der Waals surface area (Å²) in [6.45, 7) is 5.66. The van der Waals surface area contributed by atoms with Gasteiger partial charge >= 0.3 is 0 Å². The minimum Gasteiger partial charge on any atom is -0.383 e. The maximum absolute atomic E-state index is 14.1. The van der Waals surface area contributed by atoms with E-state index in [4.69, 9.17) is 0 Å². The van der Waals surface area contributed by atoms with Gasteiger partial charge in [-0.25, -0.2) is 4.39 Å². The lowest BCUT2D eigenvalue weighted by atomic mass is 9.95. The van der Waals surface area contributed by atoms with Crippen LogP contribution in [0.2, 0.25) is 0 Å². The van der Waals surface area contributed by atoms with Crippen LogP contribution in [0.5, 0.6) is 0 Å². The number of aryl methyl sites for hydroxylation is 3. The Morgan fingerprint density at radius 1 is 1.11 bits per heavy atom. The van der Waals surface area contributed by atoms with Gasteiger partial charge in [0.05, 0.1) is 0 Å². The van der Waals surface area contributed by atoms with E-state index < -0.39 is 6.10 Å². The fraction of sp³-hybridized carbons (Fsp3) is 0.250. The second kappa shape index (κ2) is 5.59. The van der Waals surface area contributed by atoms with Crippen molar-refractivity contribution in [2.24, 2.45) is 0 Å². The largest absolute Gasteiger partial charge is 0.383 e. The molecule has 0 radical (unpaired) electrons. The first-order valence-corrected chi connectivity index (χ1v) is 7.19. The molecular weight excluding hydrogens is 354 g/mol.